The van der Waals surface area contributed by atoms with Gasteiger partial charge < -0.3 is 4.74 Å². The first kappa shape index (κ1) is 13.2. The van der Waals surface area contributed by atoms with E-state index in [0.29, 0.717) is 12.0 Å². The molecule has 1 atom stereocenters. The molecule has 0 aliphatic rings. The van der Waals surface area contributed by atoms with E-state index in [1.807, 2.05) is 32.0 Å². The zero-order valence-electron chi connectivity index (χ0n) is 10.4. The molecule has 0 radical (unpaired) electrons. The van der Waals surface area contributed by atoms with Crippen LogP contribution in [0.1, 0.15) is 25.0 Å². The van der Waals surface area contributed by atoms with Crippen LogP contribution in [0.2, 0.25) is 0 Å². The molecule has 0 saturated carbocycles. The Labute approximate surface area is 102 Å². The summed E-state index contributed by atoms with van der Waals surface area (Å²) in [6.07, 6.45) is 0.611. The molecule has 1 aromatic carbocycles. The number of benzene rings is 1. The van der Waals surface area contributed by atoms with Gasteiger partial charge in [-0.2, -0.15) is 5.26 Å². The maximum absolute atomic E-state index is 11.6. The fourth-order valence-corrected chi connectivity index (χ4v) is 1.76. The van der Waals surface area contributed by atoms with Crippen molar-refractivity contribution in [3.8, 4) is 6.07 Å². The van der Waals surface area contributed by atoms with E-state index in [2.05, 4.69) is 6.07 Å². The van der Waals surface area contributed by atoms with Crippen LogP contribution in [-0.4, -0.2) is 13.1 Å². The van der Waals surface area contributed by atoms with Crippen molar-refractivity contribution in [1.82, 2.24) is 0 Å². The molecule has 0 heterocycles. The molecule has 0 N–H and O–H groups in total. The number of methoxy groups -OCH3 is 1. The van der Waals surface area contributed by atoms with E-state index in [9.17, 15) is 4.79 Å². The average molecular weight is 231 g/mol. The van der Waals surface area contributed by atoms with E-state index in [4.69, 9.17) is 10.00 Å². The zero-order chi connectivity index (χ0) is 12.8. The lowest BCUT2D eigenvalue weighted by Crippen LogP contribution is -2.23. The molecule has 0 amide bonds. The van der Waals surface area contributed by atoms with Crippen molar-refractivity contribution in [2.45, 2.75) is 20.3 Å². The third kappa shape index (κ3) is 3.60. The quantitative estimate of drug-likeness (QED) is 0.748. The van der Waals surface area contributed by atoms with Crippen molar-refractivity contribution in [3.05, 3.63) is 35.4 Å². The van der Waals surface area contributed by atoms with Gasteiger partial charge in [-0.25, -0.2) is 0 Å². The van der Waals surface area contributed by atoms with Crippen LogP contribution in [0.15, 0.2) is 24.3 Å². The van der Waals surface area contributed by atoms with E-state index in [1.165, 1.54) is 7.11 Å². The summed E-state index contributed by atoms with van der Waals surface area (Å²) in [5.41, 5.74) is 1.61. The number of nitriles is 1. The van der Waals surface area contributed by atoms with Crippen LogP contribution in [0, 0.1) is 23.2 Å². The van der Waals surface area contributed by atoms with Crippen LogP contribution in [0.4, 0.5) is 0 Å². The smallest absolute Gasteiger partial charge is 0.309 e. The van der Waals surface area contributed by atoms with Crippen molar-refractivity contribution >= 4 is 5.97 Å². The first-order chi connectivity index (χ1) is 8.08. The molecule has 0 aliphatic carbocycles. The zero-order valence-corrected chi connectivity index (χ0v) is 10.4. The van der Waals surface area contributed by atoms with Crippen molar-refractivity contribution < 1.29 is 9.53 Å². The lowest BCUT2D eigenvalue weighted by molar-refractivity contribution is -0.146. The second-order valence-electron chi connectivity index (χ2n) is 4.39. The molecule has 3 heteroatoms. The minimum atomic E-state index is -0.192. The summed E-state index contributed by atoms with van der Waals surface area (Å²) in [6, 6.07) is 9.44. The first-order valence-corrected chi connectivity index (χ1v) is 5.65. The highest BCUT2D eigenvalue weighted by atomic mass is 16.5. The van der Waals surface area contributed by atoms with Gasteiger partial charge in [0.25, 0.3) is 0 Å². The van der Waals surface area contributed by atoms with Gasteiger partial charge >= 0.3 is 5.97 Å². The highest BCUT2D eigenvalue weighted by molar-refractivity contribution is 5.73. The van der Waals surface area contributed by atoms with Gasteiger partial charge in [-0.1, -0.05) is 26.0 Å². The summed E-state index contributed by atoms with van der Waals surface area (Å²) in [6.45, 7) is 3.99. The maximum atomic E-state index is 11.6. The minimum Gasteiger partial charge on any atom is -0.469 e. The highest BCUT2D eigenvalue weighted by Crippen LogP contribution is 2.19. The Morgan fingerprint density at radius 1 is 1.47 bits per heavy atom. The van der Waals surface area contributed by atoms with Gasteiger partial charge in [0.05, 0.1) is 24.7 Å². The van der Waals surface area contributed by atoms with Gasteiger partial charge in [0.2, 0.25) is 0 Å². The van der Waals surface area contributed by atoms with E-state index in [1.54, 1.807) is 6.07 Å². The van der Waals surface area contributed by atoms with Crippen molar-refractivity contribution in [3.63, 3.8) is 0 Å². The van der Waals surface area contributed by atoms with E-state index in [0.717, 1.165) is 5.56 Å². The number of hydrogen-bond acceptors (Lipinski definition) is 3. The molecule has 1 aromatic rings. The normalized spacial score (nSPS) is 11.9. The molecule has 0 unspecified atom stereocenters. The van der Waals surface area contributed by atoms with Crippen LogP contribution in [0.5, 0.6) is 0 Å². The summed E-state index contributed by atoms with van der Waals surface area (Å²) in [5, 5.41) is 8.82. The standard InChI is InChI=1S/C14H17NO2/c1-10(2)13(14(16)17-3)8-11-5-4-6-12(7-11)9-15/h4-7,10,13H,8H2,1-3H3/t13-/m1/s1. The van der Waals surface area contributed by atoms with Gasteiger partial charge in [0.15, 0.2) is 0 Å². The molecular formula is C14H17NO2. The molecule has 90 valence electrons. The van der Waals surface area contributed by atoms with E-state index < -0.39 is 0 Å². The summed E-state index contributed by atoms with van der Waals surface area (Å²) >= 11 is 0. The number of carbonyl (C=O) groups excluding carboxylic acids is 1. The predicted octanol–water partition coefficient (Wildman–Crippen LogP) is 2.55. The van der Waals surface area contributed by atoms with Crippen molar-refractivity contribution in [2.24, 2.45) is 11.8 Å². The van der Waals surface area contributed by atoms with Gasteiger partial charge in [-0.15, -0.1) is 0 Å². The predicted molar refractivity (Wildman–Crippen MR) is 65.2 cm³/mol. The second-order valence-corrected chi connectivity index (χ2v) is 4.39. The summed E-state index contributed by atoms with van der Waals surface area (Å²) in [5.74, 6) is -0.135. The molecule has 17 heavy (non-hydrogen) atoms. The molecule has 0 fully saturated rings. The number of ether oxygens (including phenoxy) is 1. The summed E-state index contributed by atoms with van der Waals surface area (Å²) in [4.78, 5) is 11.6. The third-order valence-corrected chi connectivity index (χ3v) is 2.82. The minimum absolute atomic E-state index is 0.158. The van der Waals surface area contributed by atoms with Crippen molar-refractivity contribution in [1.29, 1.82) is 5.26 Å². The molecule has 3 nitrogen and oxygen atoms in total. The lowest BCUT2D eigenvalue weighted by Gasteiger charge is -2.18. The molecule has 0 saturated heterocycles. The maximum Gasteiger partial charge on any atom is 0.309 e. The third-order valence-electron chi connectivity index (χ3n) is 2.82. The largest absolute Gasteiger partial charge is 0.469 e. The fraction of sp³-hybridized carbons (Fsp3) is 0.429. The molecule has 1 rings (SSSR count). The number of carbonyl (C=O) groups is 1. The molecule has 0 bridgehead atoms. The first-order valence-electron chi connectivity index (χ1n) is 5.65. The Balaban J connectivity index is 2.86. The van der Waals surface area contributed by atoms with Crippen LogP contribution in [0.25, 0.3) is 0 Å². The Kier molecular flexibility index (Phi) is 4.71. The summed E-state index contributed by atoms with van der Waals surface area (Å²) in [7, 11) is 1.41. The molecular weight excluding hydrogens is 214 g/mol. The van der Waals surface area contributed by atoms with Crippen LogP contribution >= 0.6 is 0 Å². The Hall–Kier alpha value is -1.82. The Morgan fingerprint density at radius 2 is 2.18 bits per heavy atom. The molecule has 0 aliphatic heterocycles. The number of hydrogen-bond donors (Lipinski definition) is 0. The monoisotopic (exact) mass is 231 g/mol. The van der Waals surface area contributed by atoms with Crippen LogP contribution in [0.3, 0.4) is 0 Å². The molecule has 0 spiro atoms. The molecule has 0 aromatic heterocycles. The van der Waals surface area contributed by atoms with Crippen molar-refractivity contribution in [2.75, 3.05) is 7.11 Å². The fourth-order valence-electron chi connectivity index (χ4n) is 1.76. The van der Waals surface area contributed by atoms with Crippen LogP contribution in [-0.2, 0) is 16.0 Å². The second kappa shape index (κ2) is 6.05. The van der Waals surface area contributed by atoms with Gasteiger partial charge in [0.1, 0.15) is 0 Å². The lowest BCUT2D eigenvalue weighted by atomic mass is 9.89. The highest BCUT2D eigenvalue weighted by Gasteiger charge is 2.23. The Morgan fingerprint density at radius 3 is 2.71 bits per heavy atom. The van der Waals surface area contributed by atoms with Gasteiger partial charge in [0, 0.05) is 0 Å². The number of rotatable bonds is 4. The number of nitrogens with zero attached hydrogens (tertiary/aromatic N) is 1. The summed E-state index contributed by atoms with van der Waals surface area (Å²) < 4.78 is 4.80. The van der Waals surface area contributed by atoms with Gasteiger partial charge in [-0.3, -0.25) is 4.79 Å². The Bertz CT molecular complexity index is 432. The van der Waals surface area contributed by atoms with E-state index >= 15 is 0 Å². The van der Waals surface area contributed by atoms with E-state index in [-0.39, 0.29) is 17.8 Å². The van der Waals surface area contributed by atoms with Gasteiger partial charge in [-0.05, 0) is 30.0 Å². The SMILES string of the molecule is COC(=O)[C@H](Cc1cccc(C#N)c1)C(C)C. The number of esters is 1. The topological polar surface area (TPSA) is 50.1 Å². The van der Waals surface area contributed by atoms with Crippen LogP contribution < -0.4 is 0 Å². The average Bonchev–Trinajstić information content (AvgIpc) is 2.35.